The van der Waals surface area contributed by atoms with Crippen LogP contribution in [0.1, 0.15) is 49.1 Å². The van der Waals surface area contributed by atoms with Crippen LogP contribution in [0.2, 0.25) is 5.02 Å². The van der Waals surface area contributed by atoms with Gasteiger partial charge in [0.2, 0.25) is 0 Å². The molecular formula is C33H30BrClN2O5S. The number of halogens is 2. The first-order valence-corrected chi connectivity index (χ1v) is 15.8. The first-order valence-electron chi connectivity index (χ1n) is 13.8. The Kier molecular flexibility index (Phi) is 9.54. The van der Waals surface area contributed by atoms with E-state index in [2.05, 4.69) is 20.9 Å². The van der Waals surface area contributed by atoms with E-state index >= 15 is 0 Å². The standard InChI is InChI=1S/C33H30BrClN2O5S/c1-5-40-26-15-23(24(34)17-27(26)42-18-22-9-7-8-10-25(22)35)16-28-31(38)37-30(21-13-11-19(3)12-14-21)29(32(39)41-6-2)20(4)36-33(37)43-28/h7-17,30H,5-6,18H2,1-4H3/b28-16-/t30-/m1/s1. The van der Waals surface area contributed by atoms with Gasteiger partial charge in [-0.15, -0.1) is 0 Å². The zero-order valence-electron chi connectivity index (χ0n) is 24.1. The molecule has 43 heavy (non-hydrogen) atoms. The van der Waals surface area contributed by atoms with Crippen molar-refractivity contribution in [1.29, 1.82) is 0 Å². The Morgan fingerprint density at radius 2 is 1.77 bits per heavy atom. The maximum Gasteiger partial charge on any atom is 0.338 e. The van der Waals surface area contributed by atoms with E-state index in [1.54, 1.807) is 24.5 Å². The van der Waals surface area contributed by atoms with Gasteiger partial charge in [0.15, 0.2) is 16.3 Å². The van der Waals surface area contributed by atoms with Crippen LogP contribution in [-0.4, -0.2) is 23.8 Å². The Labute approximate surface area is 266 Å². The van der Waals surface area contributed by atoms with E-state index in [-0.39, 0.29) is 18.8 Å². The van der Waals surface area contributed by atoms with Gasteiger partial charge in [0.25, 0.3) is 5.56 Å². The predicted molar refractivity (Wildman–Crippen MR) is 173 cm³/mol. The summed E-state index contributed by atoms with van der Waals surface area (Å²) >= 11 is 11.2. The molecule has 0 saturated carbocycles. The lowest BCUT2D eigenvalue weighted by atomic mass is 9.95. The molecule has 7 nitrogen and oxygen atoms in total. The van der Waals surface area contributed by atoms with Gasteiger partial charge in [-0.25, -0.2) is 9.79 Å². The van der Waals surface area contributed by atoms with Crippen LogP contribution in [0.15, 0.2) is 86.2 Å². The SMILES string of the molecule is CCOC(=O)C1=C(C)N=c2s/c(=C\c3cc(OCC)c(OCc4ccccc4Cl)cc3Br)c(=O)n2[C@@H]1c1ccc(C)cc1. The molecule has 0 spiro atoms. The third-order valence-electron chi connectivity index (χ3n) is 6.90. The number of carbonyl (C=O) groups excluding carboxylic acids is 1. The van der Waals surface area contributed by atoms with E-state index in [4.69, 9.17) is 25.8 Å². The average molecular weight is 682 g/mol. The lowest BCUT2D eigenvalue weighted by Crippen LogP contribution is -2.39. The number of allylic oxidation sites excluding steroid dienone is 1. The molecule has 0 bridgehead atoms. The number of aryl methyl sites for hydroxylation is 1. The quantitative estimate of drug-likeness (QED) is 0.189. The van der Waals surface area contributed by atoms with Gasteiger partial charge in [-0.05, 0) is 63.1 Å². The van der Waals surface area contributed by atoms with Crippen LogP contribution in [0.5, 0.6) is 11.5 Å². The molecule has 0 saturated heterocycles. The molecule has 1 aliphatic heterocycles. The van der Waals surface area contributed by atoms with Gasteiger partial charge in [0, 0.05) is 15.1 Å². The Morgan fingerprint density at radius 3 is 2.47 bits per heavy atom. The van der Waals surface area contributed by atoms with Crippen LogP contribution in [0.4, 0.5) is 0 Å². The summed E-state index contributed by atoms with van der Waals surface area (Å²) in [5, 5.41) is 0.622. The summed E-state index contributed by atoms with van der Waals surface area (Å²) in [6.07, 6.45) is 1.80. The highest BCUT2D eigenvalue weighted by atomic mass is 79.9. The van der Waals surface area contributed by atoms with Crippen molar-refractivity contribution in [1.82, 2.24) is 4.57 Å². The van der Waals surface area contributed by atoms with Crippen LogP contribution in [0.3, 0.4) is 0 Å². The minimum absolute atomic E-state index is 0.217. The number of aromatic nitrogens is 1. The second-order valence-corrected chi connectivity index (χ2v) is 12.1. The first kappa shape index (κ1) is 30.8. The highest BCUT2D eigenvalue weighted by Crippen LogP contribution is 2.35. The summed E-state index contributed by atoms with van der Waals surface area (Å²) < 4.78 is 20.1. The summed E-state index contributed by atoms with van der Waals surface area (Å²) in [4.78, 5) is 32.3. The molecule has 0 unspecified atom stereocenters. The summed E-state index contributed by atoms with van der Waals surface area (Å²) in [6.45, 7) is 8.33. The number of thiazole rings is 1. The minimum atomic E-state index is -0.666. The van der Waals surface area contributed by atoms with Crippen molar-refractivity contribution in [3.05, 3.63) is 123 Å². The van der Waals surface area contributed by atoms with Crippen molar-refractivity contribution >= 4 is 50.9 Å². The van der Waals surface area contributed by atoms with Crippen LogP contribution >= 0.6 is 38.9 Å². The average Bonchev–Trinajstić information content (AvgIpc) is 3.28. The Bertz CT molecular complexity index is 1900. The normalized spacial score (nSPS) is 14.7. The molecule has 0 fully saturated rings. The Balaban J connectivity index is 1.59. The summed E-state index contributed by atoms with van der Waals surface area (Å²) in [5.74, 6) is 0.594. The number of esters is 1. The van der Waals surface area contributed by atoms with E-state index in [9.17, 15) is 9.59 Å². The number of rotatable bonds is 9. The van der Waals surface area contributed by atoms with Crippen LogP contribution in [0.25, 0.3) is 6.08 Å². The minimum Gasteiger partial charge on any atom is -0.490 e. The number of carbonyl (C=O) groups is 1. The summed E-state index contributed by atoms with van der Waals surface area (Å²) in [7, 11) is 0. The lowest BCUT2D eigenvalue weighted by molar-refractivity contribution is -0.139. The zero-order valence-corrected chi connectivity index (χ0v) is 27.3. The van der Waals surface area contributed by atoms with E-state index in [0.29, 0.717) is 43.7 Å². The van der Waals surface area contributed by atoms with Gasteiger partial charge in [0.05, 0.1) is 35.1 Å². The fraction of sp³-hybridized carbons (Fsp3) is 0.242. The molecule has 222 valence electrons. The fourth-order valence-electron chi connectivity index (χ4n) is 4.81. The molecule has 3 aromatic carbocycles. The molecule has 2 heterocycles. The summed E-state index contributed by atoms with van der Waals surface area (Å²) in [5.41, 5.74) is 4.08. The number of hydrogen-bond acceptors (Lipinski definition) is 7. The lowest BCUT2D eigenvalue weighted by Gasteiger charge is -2.24. The van der Waals surface area contributed by atoms with Crippen molar-refractivity contribution in [2.75, 3.05) is 13.2 Å². The number of nitrogens with zero attached hydrogens (tertiary/aromatic N) is 2. The largest absolute Gasteiger partial charge is 0.490 e. The molecule has 0 radical (unpaired) electrons. The fourth-order valence-corrected chi connectivity index (χ4v) is 6.48. The molecule has 0 amide bonds. The first-order chi connectivity index (χ1) is 20.7. The molecular weight excluding hydrogens is 652 g/mol. The highest BCUT2D eigenvalue weighted by molar-refractivity contribution is 9.10. The second kappa shape index (κ2) is 13.3. The number of ether oxygens (including phenoxy) is 3. The van der Waals surface area contributed by atoms with Gasteiger partial charge < -0.3 is 14.2 Å². The van der Waals surface area contributed by atoms with E-state index in [1.165, 1.54) is 11.3 Å². The summed E-state index contributed by atoms with van der Waals surface area (Å²) in [6, 6.07) is 18.3. The molecule has 0 aliphatic carbocycles. The number of fused-ring (bicyclic) bond motifs is 1. The molecule has 0 N–H and O–H groups in total. The molecule has 10 heteroatoms. The van der Waals surface area contributed by atoms with Crippen molar-refractivity contribution in [2.45, 2.75) is 40.3 Å². The topological polar surface area (TPSA) is 79.1 Å². The molecule has 4 aromatic rings. The monoisotopic (exact) mass is 680 g/mol. The third kappa shape index (κ3) is 6.49. The van der Waals surface area contributed by atoms with Gasteiger partial charge in [-0.1, -0.05) is 86.9 Å². The second-order valence-electron chi connectivity index (χ2n) is 9.85. The molecule has 1 atom stereocenters. The molecule has 5 rings (SSSR count). The van der Waals surface area contributed by atoms with Crippen LogP contribution in [0, 0.1) is 6.92 Å². The third-order valence-corrected chi connectivity index (χ3v) is 8.94. The van der Waals surface area contributed by atoms with Gasteiger partial charge in [-0.2, -0.15) is 0 Å². The highest BCUT2D eigenvalue weighted by Gasteiger charge is 2.33. The molecule has 1 aromatic heterocycles. The Morgan fingerprint density at radius 1 is 1.05 bits per heavy atom. The van der Waals surface area contributed by atoms with E-state index in [1.807, 2.05) is 74.5 Å². The van der Waals surface area contributed by atoms with Crippen LogP contribution in [-0.2, 0) is 16.1 Å². The van der Waals surface area contributed by atoms with Crippen molar-refractivity contribution < 1.29 is 19.0 Å². The van der Waals surface area contributed by atoms with Crippen LogP contribution < -0.4 is 24.4 Å². The maximum atomic E-state index is 14.0. The van der Waals surface area contributed by atoms with Crippen molar-refractivity contribution in [2.24, 2.45) is 4.99 Å². The maximum absolute atomic E-state index is 14.0. The van der Waals surface area contributed by atoms with E-state index in [0.717, 1.165) is 26.7 Å². The zero-order chi connectivity index (χ0) is 30.7. The predicted octanol–water partition coefficient (Wildman–Crippen LogP) is 6.50. The number of benzene rings is 3. The van der Waals surface area contributed by atoms with Crippen molar-refractivity contribution in [3.8, 4) is 11.5 Å². The van der Waals surface area contributed by atoms with Gasteiger partial charge in [-0.3, -0.25) is 9.36 Å². The molecule has 1 aliphatic rings. The Hall–Kier alpha value is -3.66. The number of hydrogen-bond donors (Lipinski definition) is 0. The van der Waals surface area contributed by atoms with Gasteiger partial charge >= 0.3 is 5.97 Å². The van der Waals surface area contributed by atoms with Gasteiger partial charge in [0.1, 0.15) is 6.61 Å². The van der Waals surface area contributed by atoms with E-state index < -0.39 is 12.0 Å². The van der Waals surface area contributed by atoms with Crippen molar-refractivity contribution in [3.63, 3.8) is 0 Å². The smallest absolute Gasteiger partial charge is 0.338 e.